The Morgan fingerprint density at radius 2 is 1.90 bits per heavy atom. The second kappa shape index (κ2) is 10.5. The molecule has 5 rings (SSSR count). The first-order valence-electron chi connectivity index (χ1n) is 12.4. The van der Waals surface area contributed by atoms with Crippen LogP contribution in [0.2, 0.25) is 5.15 Å². The molecule has 3 atom stereocenters. The minimum atomic E-state index is -3.66. The first kappa shape index (κ1) is 27.6. The van der Waals surface area contributed by atoms with Crippen molar-refractivity contribution in [3.63, 3.8) is 0 Å². The molecule has 0 saturated carbocycles. The van der Waals surface area contributed by atoms with Gasteiger partial charge in [-0.1, -0.05) is 30.7 Å². The molecule has 3 aromatic rings. The molecule has 0 fully saturated rings. The van der Waals surface area contributed by atoms with Crippen molar-refractivity contribution in [2.75, 3.05) is 31.4 Å². The average molecular weight is 576 g/mol. The second-order valence-corrected chi connectivity index (χ2v) is 11.8. The van der Waals surface area contributed by atoms with Crippen LogP contribution in [-0.4, -0.2) is 66.1 Å². The second-order valence-electron chi connectivity index (χ2n) is 9.51. The number of aromatic nitrogens is 2. The van der Waals surface area contributed by atoms with Gasteiger partial charge >= 0.3 is 0 Å². The number of nitrogens with two attached hydrogens (primary N) is 2. The van der Waals surface area contributed by atoms with Crippen molar-refractivity contribution in [1.29, 1.82) is 0 Å². The molecule has 0 saturated heterocycles. The summed E-state index contributed by atoms with van der Waals surface area (Å²) in [6, 6.07) is 10.6. The van der Waals surface area contributed by atoms with Crippen LogP contribution in [0.1, 0.15) is 24.9 Å². The SMILES string of the molecule is CCN1C(N)C2=C(C(c3ccc(F)cc3)N(S(C)(=O)=O)CC2)N(c2ccc(-n3cnc(Cl)c3)c(OC)c2)C1N. The van der Waals surface area contributed by atoms with Gasteiger partial charge in [0.25, 0.3) is 0 Å². The topological polar surface area (TPSA) is 123 Å². The van der Waals surface area contributed by atoms with Crippen LogP contribution in [-0.2, 0) is 10.0 Å². The van der Waals surface area contributed by atoms with Gasteiger partial charge in [-0.15, -0.1) is 0 Å². The molecule has 10 nitrogen and oxygen atoms in total. The predicted octanol–water partition coefficient (Wildman–Crippen LogP) is 3.00. The first-order chi connectivity index (χ1) is 18.5. The van der Waals surface area contributed by atoms with Gasteiger partial charge in [-0.05, 0) is 41.8 Å². The number of halogens is 2. The Balaban J connectivity index is 1.73. The van der Waals surface area contributed by atoms with Crippen molar-refractivity contribution >= 4 is 27.3 Å². The number of sulfonamides is 1. The predicted molar refractivity (Wildman–Crippen MR) is 148 cm³/mol. The monoisotopic (exact) mass is 575 g/mol. The van der Waals surface area contributed by atoms with E-state index >= 15 is 0 Å². The number of anilines is 1. The van der Waals surface area contributed by atoms with Crippen LogP contribution >= 0.6 is 11.6 Å². The van der Waals surface area contributed by atoms with E-state index in [9.17, 15) is 12.8 Å². The van der Waals surface area contributed by atoms with E-state index in [1.54, 1.807) is 36.3 Å². The van der Waals surface area contributed by atoms with Gasteiger partial charge in [-0.25, -0.2) is 17.8 Å². The molecule has 2 aliphatic rings. The van der Waals surface area contributed by atoms with Crippen molar-refractivity contribution in [3.8, 4) is 11.4 Å². The third-order valence-electron chi connectivity index (χ3n) is 7.30. The summed E-state index contributed by atoms with van der Waals surface area (Å²) in [4.78, 5) is 7.94. The van der Waals surface area contributed by atoms with Crippen LogP contribution in [0.4, 0.5) is 10.1 Å². The summed E-state index contributed by atoms with van der Waals surface area (Å²) in [5.74, 6) is 0.114. The number of rotatable bonds is 6. The summed E-state index contributed by atoms with van der Waals surface area (Å²) in [6.45, 7) is 2.77. The summed E-state index contributed by atoms with van der Waals surface area (Å²) < 4.78 is 48.9. The zero-order chi connectivity index (χ0) is 28.1. The van der Waals surface area contributed by atoms with Gasteiger partial charge in [-0.3, -0.25) is 10.6 Å². The lowest BCUT2D eigenvalue weighted by atomic mass is 9.89. The smallest absolute Gasteiger partial charge is 0.212 e. The Bertz CT molecular complexity index is 1510. The lowest BCUT2D eigenvalue weighted by Gasteiger charge is -2.53. The molecule has 2 aliphatic heterocycles. The maximum absolute atomic E-state index is 13.9. The molecule has 3 heterocycles. The van der Waals surface area contributed by atoms with Crippen molar-refractivity contribution in [3.05, 3.63) is 82.8 Å². The zero-order valence-electron chi connectivity index (χ0n) is 21.8. The van der Waals surface area contributed by atoms with E-state index in [4.69, 9.17) is 27.8 Å². The third-order valence-corrected chi connectivity index (χ3v) is 8.74. The fourth-order valence-electron chi connectivity index (χ4n) is 5.50. The van der Waals surface area contributed by atoms with E-state index in [0.717, 1.165) is 5.57 Å². The van der Waals surface area contributed by atoms with Crippen LogP contribution in [0.5, 0.6) is 5.75 Å². The number of ether oxygens (including phenoxy) is 1. The average Bonchev–Trinajstić information content (AvgIpc) is 3.34. The van der Waals surface area contributed by atoms with Crippen molar-refractivity contribution in [2.45, 2.75) is 31.8 Å². The van der Waals surface area contributed by atoms with Gasteiger partial charge < -0.3 is 19.9 Å². The molecule has 0 aliphatic carbocycles. The van der Waals surface area contributed by atoms with E-state index in [0.29, 0.717) is 46.5 Å². The lowest BCUT2D eigenvalue weighted by Crippen LogP contribution is -2.66. The van der Waals surface area contributed by atoms with Gasteiger partial charge in [0.2, 0.25) is 10.0 Å². The molecule has 0 amide bonds. The minimum Gasteiger partial charge on any atom is -0.494 e. The maximum atomic E-state index is 13.9. The zero-order valence-corrected chi connectivity index (χ0v) is 23.4. The van der Waals surface area contributed by atoms with Gasteiger partial charge in [0.15, 0.2) is 0 Å². The molecule has 3 unspecified atom stereocenters. The quantitative estimate of drug-likeness (QED) is 0.460. The fourth-order valence-corrected chi connectivity index (χ4v) is 6.68. The number of imidazole rings is 1. The van der Waals surface area contributed by atoms with E-state index in [1.165, 1.54) is 22.7 Å². The molecule has 0 bridgehead atoms. The Morgan fingerprint density at radius 1 is 1.18 bits per heavy atom. The molecule has 13 heteroatoms. The molecule has 0 radical (unpaired) electrons. The first-order valence-corrected chi connectivity index (χ1v) is 14.7. The minimum absolute atomic E-state index is 0.234. The van der Waals surface area contributed by atoms with E-state index in [2.05, 4.69) is 4.98 Å². The third kappa shape index (κ3) is 4.92. The van der Waals surface area contributed by atoms with E-state index in [-0.39, 0.29) is 6.54 Å². The number of methoxy groups -OCH3 is 1. The molecule has 1 aromatic heterocycles. The highest BCUT2D eigenvalue weighted by Gasteiger charge is 2.46. The summed E-state index contributed by atoms with van der Waals surface area (Å²) in [5.41, 5.74) is 17.1. The lowest BCUT2D eigenvalue weighted by molar-refractivity contribution is 0.134. The molecule has 39 heavy (non-hydrogen) atoms. The molecular weight excluding hydrogens is 545 g/mol. The molecule has 0 spiro atoms. The Morgan fingerprint density at radius 3 is 2.49 bits per heavy atom. The molecule has 4 N–H and O–H groups in total. The van der Waals surface area contributed by atoms with Crippen LogP contribution in [0, 0.1) is 5.82 Å². The Labute approximate surface area is 232 Å². The highest BCUT2D eigenvalue weighted by Crippen LogP contribution is 2.46. The van der Waals surface area contributed by atoms with E-state index in [1.807, 2.05) is 34.9 Å². The number of likely N-dealkylation sites (N-methyl/N-ethyl adjacent to an activating group) is 1. The van der Waals surface area contributed by atoms with Gasteiger partial charge in [0.05, 0.1) is 31.3 Å². The highest BCUT2D eigenvalue weighted by atomic mass is 35.5. The van der Waals surface area contributed by atoms with Gasteiger partial charge in [0.1, 0.15) is 29.3 Å². The molecular formula is C26H31ClFN7O3S. The highest BCUT2D eigenvalue weighted by molar-refractivity contribution is 7.88. The number of benzene rings is 2. The Hall–Kier alpha value is -3.00. The van der Waals surface area contributed by atoms with Gasteiger partial charge in [0, 0.05) is 36.7 Å². The van der Waals surface area contributed by atoms with Crippen LogP contribution in [0.25, 0.3) is 5.69 Å². The normalized spacial score (nSPS) is 22.7. The molecule has 208 valence electrons. The van der Waals surface area contributed by atoms with Crippen molar-refractivity contribution < 1.29 is 17.5 Å². The number of hydrogen-bond donors (Lipinski definition) is 2. The van der Waals surface area contributed by atoms with Gasteiger partial charge in [-0.2, -0.15) is 4.31 Å². The van der Waals surface area contributed by atoms with Crippen molar-refractivity contribution in [2.24, 2.45) is 11.5 Å². The van der Waals surface area contributed by atoms with E-state index < -0.39 is 34.3 Å². The summed E-state index contributed by atoms with van der Waals surface area (Å²) in [5, 5.41) is 0.340. The molecule has 2 aromatic carbocycles. The standard InChI is InChI=1S/C26H31ClFN7O3S/c1-4-33-25(29)19-11-12-34(39(3,36)37)23(16-5-7-17(28)8-6-16)24(19)35(26(33)30)18-9-10-20(21(13-18)38-2)32-14-22(27)31-15-32/h5-10,13-15,23,25-26H,4,11-12,29-30H2,1-3H3. The largest absolute Gasteiger partial charge is 0.494 e. The summed E-state index contributed by atoms with van der Waals surface area (Å²) >= 11 is 6.04. The van der Waals surface area contributed by atoms with Crippen LogP contribution in [0.15, 0.2) is 66.3 Å². The fraction of sp³-hybridized carbons (Fsp3) is 0.346. The number of nitrogens with zero attached hydrogens (tertiary/aromatic N) is 5. The summed E-state index contributed by atoms with van der Waals surface area (Å²) in [6.07, 6.45) is 3.61. The van der Waals surface area contributed by atoms with Crippen LogP contribution in [0.3, 0.4) is 0 Å². The van der Waals surface area contributed by atoms with Crippen LogP contribution < -0.4 is 21.1 Å². The Kier molecular flexibility index (Phi) is 7.44. The van der Waals surface area contributed by atoms with Crippen molar-refractivity contribution in [1.82, 2.24) is 18.8 Å². The summed E-state index contributed by atoms with van der Waals surface area (Å²) in [7, 11) is -2.10. The maximum Gasteiger partial charge on any atom is 0.212 e. The number of hydrogen-bond acceptors (Lipinski definition) is 8.